The predicted molar refractivity (Wildman–Crippen MR) is 133 cm³/mol. The Balaban J connectivity index is 2.93. The Labute approximate surface area is 208 Å². The number of anilines is 1. The van der Waals surface area contributed by atoms with E-state index in [0.717, 1.165) is 5.69 Å². The zero-order valence-electron chi connectivity index (χ0n) is 21.4. The summed E-state index contributed by atoms with van der Waals surface area (Å²) in [5.74, 6) is -1.03. The number of nitrogens with one attached hydrogen (secondary N) is 1. The Kier molecular flexibility index (Phi) is 11.8. The molecule has 8 nitrogen and oxygen atoms in total. The molecule has 1 atom stereocenters. The molecule has 0 radical (unpaired) electrons. The Morgan fingerprint density at radius 2 is 1.56 bits per heavy atom. The lowest BCUT2D eigenvalue weighted by Crippen LogP contribution is -2.44. The summed E-state index contributed by atoms with van der Waals surface area (Å²) in [6.45, 7) is 12.4. The molecule has 0 unspecified atom stereocenters. The molecule has 0 fully saturated rings. The highest BCUT2D eigenvalue weighted by molar-refractivity contribution is 6.18. The van der Waals surface area contributed by atoms with Crippen molar-refractivity contribution in [2.24, 2.45) is 0 Å². The second kappa shape index (κ2) is 13.5. The number of ether oxygens (including phenoxy) is 3. The molecule has 34 heavy (non-hydrogen) atoms. The maximum atomic E-state index is 12.9. The van der Waals surface area contributed by atoms with E-state index < -0.39 is 35.1 Å². The van der Waals surface area contributed by atoms with E-state index in [1.807, 2.05) is 12.1 Å². The summed E-state index contributed by atoms with van der Waals surface area (Å²) in [6.07, 6.45) is 0.0292. The van der Waals surface area contributed by atoms with Crippen LogP contribution in [0.1, 0.15) is 64.7 Å². The molecular formula is C25H39ClN2O6. The van der Waals surface area contributed by atoms with Gasteiger partial charge in [0.2, 0.25) is 0 Å². The van der Waals surface area contributed by atoms with Gasteiger partial charge < -0.3 is 24.4 Å². The number of carbonyl (C=O) groups excluding carboxylic acids is 3. The van der Waals surface area contributed by atoms with Crippen molar-refractivity contribution in [1.29, 1.82) is 0 Å². The van der Waals surface area contributed by atoms with E-state index in [-0.39, 0.29) is 12.8 Å². The van der Waals surface area contributed by atoms with E-state index in [1.165, 1.54) is 0 Å². The van der Waals surface area contributed by atoms with Crippen molar-refractivity contribution in [3.8, 4) is 0 Å². The zero-order valence-corrected chi connectivity index (χ0v) is 22.2. The van der Waals surface area contributed by atoms with Gasteiger partial charge in [0.05, 0.1) is 6.61 Å². The van der Waals surface area contributed by atoms with Crippen LogP contribution >= 0.6 is 11.6 Å². The summed E-state index contributed by atoms with van der Waals surface area (Å²) in [5, 5.41) is 2.71. The van der Waals surface area contributed by atoms with Crippen LogP contribution in [0.5, 0.6) is 0 Å². The van der Waals surface area contributed by atoms with Crippen molar-refractivity contribution in [3.05, 3.63) is 29.8 Å². The van der Waals surface area contributed by atoms with E-state index in [1.54, 1.807) is 60.8 Å². The number of amides is 1. The van der Waals surface area contributed by atoms with Gasteiger partial charge in [0.15, 0.2) is 0 Å². The monoisotopic (exact) mass is 498 g/mol. The van der Waals surface area contributed by atoms with Gasteiger partial charge in [0.1, 0.15) is 17.2 Å². The molecule has 1 aromatic carbocycles. The van der Waals surface area contributed by atoms with E-state index in [0.29, 0.717) is 31.1 Å². The highest BCUT2D eigenvalue weighted by atomic mass is 35.5. The summed E-state index contributed by atoms with van der Waals surface area (Å²) in [7, 11) is 1.64. The lowest BCUT2D eigenvalue weighted by atomic mass is 10.1. The summed E-state index contributed by atoms with van der Waals surface area (Å²) < 4.78 is 15.9. The first-order valence-corrected chi connectivity index (χ1v) is 11.9. The van der Waals surface area contributed by atoms with Crippen LogP contribution in [0.3, 0.4) is 0 Å². The number of methoxy groups -OCH3 is 1. The molecule has 0 aromatic heterocycles. The molecule has 1 aromatic rings. The lowest BCUT2D eigenvalue weighted by Gasteiger charge is -2.25. The average molecular weight is 499 g/mol. The van der Waals surface area contributed by atoms with E-state index in [2.05, 4.69) is 10.2 Å². The average Bonchev–Trinajstić information content (AvgIpc) is 2.71. The Morgan fingerprint density at radius 1 is 0.971 bits per heavy atom. The number of hydrogen-bond acceptors (Lipinski definition) is 7. The number of carbonyl (C=O) groups is 3. The number of benzene rings is 1. The second-order valence-electron chi connectivity index (χ2n) is 9.90. The number of alkyl halides is 1. The van der Waals surface area contributed by atoms with Crippen LogP contribution in [0, 0.1) is 0 Å². The first-order valence-electron chi connectivity index (χ1n) is 11.4. The van der Waals surface area contributed by atoms with Gasteiger partial charge in [-0.3, -0.25) is 9.59 Å². The van der Waals surface area contributed by atoms with Crippen LogP contribution in [0.2, 0.25) is 0 Å². The van der Waals surface area contributed by atoms with Crippen molar-refractivity contribution in [1.82, 2.24) is 5.32 Å². The number of rotatable bonds is 12. The fourth-order valence-corrected chi connectivity index (χ4v) is 3.22. The number of esters is 2. The minimum Gasteiger partial charge on any atom is -0.460 e. The van der Waals surface area contributed by atoms with Gasteiger partial charge in [-0.25, -0.2) is 4.79 Å². The van der Waals surface area contributed by atoms with Crippen LogP contribution in [-0.4, -0.2) is 67.8 Å². The van der Waals surface area contributed by atoms with Crippen LogP contribution in [0.25, 0.3) is 0 Å². The van der Waals surface area contributed by atoms with Gasteiger partial charge in [-0.15, -0.1) is 11.6 Å². The lowest BCUT2D eigenvalue weighted by molar-refractivity contribution is -0.158. The van der Waals surface area contributed by atoms with Crippen molar-refractivity contribution in [2.45, 2.75) is 71.6 Å². The minimum atomic E-state index is -0.992. The highest BCUT2D eigenvalue weighted by Crippen LogP contribution is 2.17. The minimum absolute atomic E-state index is 0.0344. The number of hydrogen-bond donors (Lipinski definition) is 1. The molecule has 0 aliphatic carbocycles. The largest absolute Gasteiger partial charge is 0.460 e. The molecule has 9 heteroatoms. The summed E-state index contributed by atoms with van der Waals surface area (Å²) in [4.78, 5) is 39.8. The summed E-state index contributed by atoms with van der Waals surface area (Å²) in [5.41, 5.74) is -0.0822. The molecule has 0 aliphatic rings. The fraction of sp³-hybridized carbons (Fsp3) is 0.640. The van der Waals surface area contributed by atoms with Gasteiger partial charge in [-0.2, -0.15) is 0 Å². The molecule has 192 valence electrons. The standard InChI is InChI=1S/C25H39ClN2O6/c1-24(2,3)33-21(29)13-12-20(23(31)34-25(4,5)6)27-22(30)18-8-10-19(11-9-18)28(15-14-26)16-17-32-7/h8-11,20H,12-17H2,1-7H3,(H,27,30)/t20-/m0/s1. The number of nitrogens with zero attached hydrogens (tertiary/aromatic N) is 1. The van der Waals surface area contributed by atoms with Crippen LogP contribution in [0.15, 0.2) is 24.3 Å². The summed E-state index contributed by atoms with van der Waals surface area (Å²) >= 11 is 5.90. The van der Waals surface area contributed by atoms with Crippen molar-refractivity contribution in [3.63, 3.8) is 0 Å². The van der Waals surface area contributed by atoms with E-state index >= 15 is 0 Å². The first kappa shape index (κ1) is 29.7. The Morgan fingerprint density at radius 3 is 2.06 bits per heavy atom. The topological polar surface area (TPSA) is 94.2 Å². The Bertz CT molecular complexity index is 799. The molecule has 0 spiro atoms. The molecule has 0 saturated carbocycles. The molecule has 0 bridgehead atoms. The first-order chi connectivity index (χ1) is 15.8. The van der Waals surface area contributed by atoms with E-state index in [4.69, 9.17) is 25.8 Å². The van der Waals surface area contributed by atoms with Gasteiger partial charge >= 0.3 is 11.9 Å². The maximum absolute atomic E-state index is 12.9. The van der Waals surface area contributed by atoms with Crippen molar-refractivity contribution in [2.75, 3.05) is 37.6 Å². The van der Waals surface area contributed by atoms with E-state index in [9.17, 15) is 14.4 Å². The predicted octanol–water partition coefficient (Wildman–Crippen LogP) is 3.94. The third-order valence-electron chi connectivity index (χ3n) is 4.47. The quantitative estimate of drug-likeness (QED) is 0.344. The smallest absolute Gasteiger partial charge is 0.329 e. The molecule has 1 rings (SSSR count). The van der Waals surface area contributed by atoms with Crippen LogP contribution in [0.4, 0.5) is 5.69 Å². The Hall–Kier alpha value is -2.32. The van der Waals surface area contributed by atoms with Gasteiger partial charge in [0, 0.05) is 43.8 Å². The van der Waals surface area contributed by atoms with Crippen molar-refractivity contribution < 1.29 is 28.6 Å². The van der Waals surface area contributed by atoms with Gasteiger partial charge in [-0.05, 0) is 72.2 Å². The van der Waals surface area contributed by atoms with Crippen LogP contribution in [-0.2, 0) is 23.8 Å². The number of halogens is 1. The third-order valence-corrected chi connectivity index (χ3v) is 4.64. The third kappa shape index (κ3) is 11.7. The normalized spacial score (nSPS) is 12.6. The van der Waals surface area contributed by atoms with Gasteiger partial charge in [0.25, 0.3) is 5.91 Å². The van der Waals surface area contributed by atoms with Crippen molar-refractivity contribution >= 4 is 35.1 Å². The maximum Gasteiger partial charge on any atom is 0.329 e. The molecule has 0 aliphatic heterocycles. The second-order valence-corrected chi connectivity index (χ2v) is 10.3. The molecular weight excluding hydrogens is 460 g/mol. The summed E-state index contributed by atoms with van der Waals surface area (Å²) in [6, 6.07) is 6.01. The highest BCUT2D eigenvalue weighted by Gasteiger charge is 2.28. The molecule has 1 amide bonds. The van der Waals surface area contributed by atoms with Crippen LogP contribution < -0.4 is 10.2 Å². The van der Waals surface area contributed by atoms with Gasteiger partial charge in [-0.1, -0.05) is 0 Å². The zero-order chi connectivity index (χ0) is 25.9. The molecule has 0 heterocycles. The molecule has 0 saturated heterocycles. The SMILES string of the molecule is COCCN(CCCl)c1ccc(C(=O)N[C@@H](CCC(=O)OC(C)(C)C)C(=O)OC(C)(C)C)cc1. The fourth-order valence-electron chi connectivity index (χ4n) is 3.02. The molecule has 1 N–H and O–H groups in total.